The third-order valence-corrected chi connectivity index (χ3v) is 5.28. The lowest BCUT2D eigenvalue weighted by Crippen LogP contribution is -2.37. The third kappa shape index (κ3) is 5.01. The van der Waals surface area contributed by atoms with Crippen LogP contribution in [-0.2, 0) is 11.3 Å². The Kier molecular flexibility index (Phi) is 7.02. The predicted octanol–water partition coefficient (Wildman–Crippen LogP) is 4.10. The van der Waals surface area contributed by atoms with Crippen molar-refractivity contribution in [3.8, 4) is 28.6 Å². The van der Waals surface area contributed by atoms with E-state index in [0.717, 1.165) is 16.7 Å². The first-order valence-corrected chi connectivity index (χ1v) is 10.3. The van der Waals surface area contributed by atoms with Gasteiger partial charge in [0.25, 0.3) is 5.91 Å². The molecular formula is C24H29N3O5. The van der Waals surface area contributed by atoms with Crippen LogP contribution in [0.2, 0.25) is 0 Å². The van der Waals surface area contributed by atoms with Crippen molar-refractivity contribution in [1.82, 2.24) is 15.0 Å². The maximum absolute atomic E-state index is 12.9. The second-order valence-electron chi connectivity index (χ2n) is 7.74. The van der Waals surface area contributed by atoms with E-state index in [-0.39, 0.29) is 12.5 Å². The number of ether oxygens (including phenoxy) is 3. The van der Waals surface area contributed by atoms with E-state index >= 15 is 0 Å². The Balaban J connectivity index is 1.69. The number of carbonyl (C=O) groups is 1. The van der Waals surface area contributed by atoms with Gasteiger partial charge in [-0.25, -0.2) is 0 Å². The molecule has 0 N–H and O–H groups in total. The molecule has 0 fully saturated rings. The Bertz CT molecular complexity index is 1110. The number of aromatic nitrogens is 2. The molecule has 1 amide bonds. The molecule has 0 spiro atoms. The van der Waals surface area contributed by atoms with Crippen LogP contribution in [0, 0.1) is 20.8 Å². The number of carbonyl (C=O) groups excluding carboxylic acids is 1. The lowest BCUT2D eigenvalue weighted by molar-refractivity contribution is -0.137. The number of rotatable bonds is 8. The fourth-order valence-corrected chi connectivity index (χ4v) is 3.37. The zero-order chi connectivity index (χ0) is 23.4. The summed E-state index contributed by atoms with van der Waals surface area (Å²) in [4.78, 5) is 18.8. The van der Waals surface area contributed by atoms with Crippen molar-refractivity contribution in [3.05, 3.63) is 52.9 Å². The van der Waals surface area contributed by atoms with Crippen LogP contribution in [0.15, 0.2) is 34.9 Å². The van der Waals surface area contributed by atoms with Crippen molar-refractivity contribution >= 4 is 5.91 Å². The van der Waals surface area contributed by atoms with Gasteiger partial charge in [-0.1, -0.05) is 11.2 Å². The van der Waals surface area contributed by atoms with Gasteiger partial charge in [0, 0.05) is 13.1 Å². The average molecular weight is 440 g/mol. The quantitative estimate of drug-likeness (QED) is 0.522. The molecule has 0 saturated heterocycles. The Morgan fingerprint density at radius 3 is 2.53 bits per heavy atom. The molecule has 0 aliphatic carbocycles. The van der Waals surface area contributed by atoms with Crippen molar-refractivity contribution in [1.29, 1.82) is 0 Å². The lowest BCUT2D eigenvalue weighted by atomic mass is 10.1. The number of benzene rings is 2. The normalized spacial score (nSPS) is 11.7. The summed E-state index contributed by atoms with van der Waals surface area (Å²) >= 11 is 0. The summed E-state index contributed by atoms with van der Waals surface area (Å²) in [6.45, 7) is 7.90. The van der Waals surface area contributed by atoms with Gasteiger partial charge in [-0.2, -0.15) is 4.98 Å². The number of likely N-dealkylation sites (N-methyl/N-ethyl adjacent to an activating group) is 1. The second-order valence-corrected chi connectivity index (χ2v) is 7.74. The Labute approximate surface area is 188 Å². The van der Waals surface area contributed by atoms with Gasteiger partial charge in [-0.3, -0.25) is 4.79 Å². The zero-order valence-electron chi connectivity index (χ0n) is 19.6. The first-order chi connectivity index (χ1) is 15.2. The molecule has 0 bridgehead atoms. The number of aryl methyl sites for hydroxylation is 2. The van der Waals surface area contributed by atoms with E-state index in [2.05, 4.69) is 16.2 Å². The molecule has 32 heavy (non-hydrogen) atoms. The van der Waals surface area contributed by atoms with Gasteiger partial charge in [0.2, 0.25) is 11.7 Å². The van der Waals surface area contributed by atoms with Gasteiger partial charge in [-0.05, 0) is 62.6 Å². The van der Waals surface area contributed by atoms with Crippen molar-refractivity contribution in [3.63, 3.8) is 0 Å². The van der Waals surface area contributed by atoms with Gasteiger partial charge >= 0.3 is 0 Å². The van der Waals surface area contributed by atoms with Gasteiger partial charge in [0.15, 0.2) is 6.10 Å². The van der Waals surface area contributed by atoms with E-state index in [1.165, 1.54) is 4.90 Å². The topological polar surface area (TPSA) is 86.9 Å². The molecule has 0 aliphatic rings. The largest absolute Gasteiger partial charge is 0.497 e. The van der Waals surface area contributed by atoms with Crippen LogP contribution in [-0.4, -0.2) is 48.3 Å². The van der Waals surface area contributed by atoms with Crippen LogP contribution in [0.5, 0.6) is 17.2 Å². The molecule has 1 heterocycles. The Morgan fingerprint density at radius 1 is 1.09 bits per heavy atom. The molecule has 0 aliphatic heterocycles. The van der Waals surface area contributed by atoms with Gasteiger partial charge in [0.1, 0.15) is 17.2 Å². The van der Waals surface area contributed by atoms with Crippen LogP contribution in [0.3, 0.4) is 0 Å². The Morgan fingerprint density at radius 2 is 1.84 bits per heavy atom. The highest BCUT2D eigenvalue weighted by Crippen LogP contribution is 2.31. The van der Waals surface area contributed by atoms with E-state index in [9.17, 15) is 4.79 Å². The summed E-state index contributed by atoms with van der Waals surface area (Å²) in [6, 6.07) is 9.36. The van der Waals surface area contributed by atoms with Crippen molar-refractivity contribution in [2.24, 2.45) is 0 Å². The summed E-state index contributed by atoms with van der Waals surface area (Å²) in [5.41, 5.74) is 3.90. The average Bonchev–Trinajstić information content (AvgIpc) is 3.24. The first-order valence-electron chi connectivity index (χ1n) is 10.3. The first kappa shape index (κ1) is 23.1. The van der Waals surface area contributed by atoms with Crippen LogP contribution in [0.25, 0.3) is 11.4 Å². The SMILES string of the molecule is COc1ccc(-c2noc(CN(C)C(=O)[C@H](C)Oc3cc(C)cc(C)c3C)n2)c(OC)c1. The van der Waals surface area contributed by atoms with E-state index in [1.807, 2.05) is 26.8 Å². The summed E-state index contributed by atoms with van der Waals surface area (Å²) in [5.74, 6) is 2.42. The van der Waals surface area contributed by atoms with Crippen LogP contribution >= 0.6 is 0 Å². The summed E-state index contributed by atoms with van der Waals surface area (Å²) in [7, 11) is 4.82. The fourth-order valence-electron chi connectivity index (χ4n) is 3.37. The second kappa shape index (κ2) is 9.72. The highest BCUT2D eigenvalue weighted by atomic mass is 16.5. The summed E-state index contributed by atoms with van der Waals surface area (Å²) in [6.07, 6.45) is -0.663. The highest BCUT2D eigenvalue weighted by Gasteiger charge is 2.23. The molecule has 3 rings (SSSR count). The smallest absolute Gasteiger partial charge is 0.263 e. The molecule has 0 unspecified atom stereocenters. The minimum atomic E-state index is -0.663. The van der Waals surface area contributed by atoms with Crippen LogP contribution < -0.4 is 14.2 Å². The van der Waals surface area contributed by atoms with E-state index in [0.29, 0.717) is 34.5 Å². The van der Waals surface area contributed by atoms with Crippen molar-refractivity contribution in [2.75, 3.05) is 21.3 Å². The highest BCUT2D eigenvalue weighted by molar-refractivity contribution is 5.80. The standard InChI is InChI=1S/C24H29N3O5/c1-14-10-15(2)16(3)20(11-14)31-17(4)24(28)27(5)13-22-25-23(26-32-22)19-9-8-18(29-6)12-21(19)30-7/h8-12,17H,13H2,1-7H3/t17-/m0/s1. The maximum atomic E-state index is 12.9. The minimum absolute atomic E-state index is 0.157. The third-order valence-electron chi connectivity index (χ3n) is 5.28. The molecule has 1 atom stereocenters. The lowest BCUT2D eigenvalue weighted by Gasteiger charge is -2.22. The predicted molar refractivity (Wildman–Crippen MR) is 120 cm³/mol. The number of nitrogens with zero attached hydrogens (tertiary/aromatic N) is 3. The van der Waals surface area contributed by atoms with Gasteiger partial charge in [-0.15, -0.1) is 0 Å². The molecule has 0 radical (unpaired) electrons. The van der Waals surface area contributed by atoms with Crippen molar-refractivity contribution in [2.45, 2.75) is 40.3 Å². The number of amides is 1. The maximum Gasteiger partial charge on any atom is 0.263 e. The Hall–Kier alpha value is -3.55. The molecular weight excluding hydrogens is 410 g/mol. The molecule has 1 aromatic heterocycles. The van der Waals surface area contributed by atoms with Crippen molar-refractivity contribution < 1.29 is 23.5 Å². The summed E-state index contributed by atoms with van der Waals surface area (Å²) in [5, 5.41) is 4.03. The van der Waals surface area contributed by atoms with Gasteiger partial charge in [0.05, 0.1) is 26.3 Å². The van der Waals surface area contributed by atoms with E-state index < -0.39 is 6.10 Å². The molecule has 8 heteroatoms. The van der Waals surface area contributed by atoms with Gasteiger partial charge < -0.3 is 23.6 Å². The number of hydrogen-bond acceptors (Lipinski definition) is 7. The summed E-state index contributed by atoms with van der Waals surface area (Å²) < 4.78 is 21.9. The molecule has 170 valence electrons. The molecule has 0 saturated carbocycles. The zero-order valence-corrected chi connectivity index (χ0v) is 19.6. The van der Waals surface area contributed by atoms with E-state index in [1.54, 1.807) is 46.4 Å². The number of hydrogen-bond donors (Lipinski definition) is 0. The fraction of sp³-hybridized carbons (Fsp3) is 0.375. The van der Waals surface area contributed by atoms with Crippen LogP contribution in [0.4, 0.5) is 0 Å². The molecule has 8 nitrogen and oxygen atoms in total. The monoisotopic (exact) mass is 439 g/mol. The molecule has 2 aromatic carbocycles. The minimum Gasteiger partial charge on any atom is -0.497 e. The van der Waals surface area contributed by atoms with Crippen LogP contribution in [0.1, 0.15) is 29.5 Å². The number of methoxy groups -OCH3 is 2. The molecule has 3 aromatic rings. The van der Waals surface area contributed by atoms with E-state index in [4.69, 9.17) is 18.7 Å².